The van der Waals surface area contributed by atoms with Gasteiger partial charge in [0.15, 0.2) is 5.13 Å². The van der Waals surface area contributed by atoms with Crippen molar-refractivity contribution >= 4 is 54.6 Å². The molecule has 45 heavy (non-hydrogen) atoms. The van der Waals surface area contributed by atoms with Crippen LogP contribution in [0, 0.1) is 5.92 Å². The highest BCUT2D eigenvalue weighted by atomic mass is 32.2. The summed E-state index contributed by atoms with van der Waals surface area (Å²) in [7, 11) is -4.00. The molecule has 0 spiro atoms. The first-order valence-electron chi connectivity index (χ1n) is 15.5. The van der Waals surface area contributed by atoms with Crippen molar-refractivity contribution in [3.63, 3.8) is 0 Å². The predicted molar refractivity (Wildman–Crippen MR) is 170 cm³/mol. The number of benzene rings is 2. The van der Waals surface area contributed by atoms with E-state index in [1.165, 1.54) is 27.8 Å². The van der Waals surface area contributed by atoms with E-state index < -0.39 is 27.9 Å². The number of carbonyl (C=O) groups is 3. The van der Waals surface area contributed by atoms with E-state index in [4.69, 9.17) is 9.47 Å². The van der Waals surface area contributed by atoms with Gasteiger partial charge in [-0.1, -0.05) is 49.2 Å². The van der Waals surface area contributed by atoms with E-state index in [-0.39, 0.29) is 43.0 Å². The summed E-state index contributed by atoms with van der Waals surface area (Å²) in [6.45, 7) is 2.51. The zero-order chi connectivity index (χ0) is 32.0. The maximum atomic E-state index is 13.8. The number of nitrogens with zero attached hydrogens (tertiary/aromatic N) is 2. The van der Waals surface area contributed by atoms with Gasteiger partial charge in [0, 0.05) is 19.7 Å². The van der Waals surface area contributed by atoms with Crippen molar-refractivity contribution < 1.29 is 37.4 Å². The van der Waals surface area contributed by atoms with E-state index >= 15 is 0 Å². The number of carboxylic acid groups (broad SMARTS) is 1. The van der Waals surface area contributed by atoms with Gasteiger partial charge < -0.3 is 19.9 Å². The third kappa shape index (κ3) is 8.26. The molecule has 1 saturated heterocycles. The fourth-order valence-corrected chi connectivity index (χ4v) is 8.43. The molecular formula is C32H39N3O8S2. The molecule has 1 amide bonds. The maximum absolute atomic E-state index is 13.8. The van der Waals surface area contributed by atoms with Crippen LogP contribution < -0.4 is 5.32 Å². The number of sulfonamides is 1. The molecule has 0 radical (unpaired) electrons. The highest BCUT2D eigenvalue weighted by molar-refractivity contribution is 7.89. The van der Waals surface area contributed by atoms with Crippen LogP contribution in [0.15, 0.2) is 47.4 Å². The summed E-state index contributed by atoms with van der Waals surface area (Å²) in [5.41, 5.74) is 1.76. The highest BCUT2D eigenvalue weighted by Gasteiger charge is 2.31. The average Bonchev–Trinajstić information content (AvgIpc) is 3.80. The molecule has 1 aliphatic carbocycles. The summed E-state index contributed by atoms with van der Waals surface area (Å²) >= 11 is 1.27. The third-order valence-electron chi connectivity index (χ3n) is 8.42. The van der Waals surface area contributed by atoms with E-state index in [1.54, 1.807) is 37.3 Å². The molecule has 2 heterocycles. The Hall–Kier alpha value is -3.39. The number of anilines is 1. The summed E-state index contributed by atoms with van der Waals surface area (Å²) in [5, 5.41) is 12.6. The van der Waals surface area contributed by atoms with Crippen LogP contribution in [-0.4, -0.2) is 73.1 Å². The molecule has 13 heteroatoms. The van der Waals surface area contributed by atoms with Crippen molar-refractivity contribution in [1.29, 1.82) is 0 Å². The molecule has 2 aromatic carbocycles. The van der Waals surface area contributed by atoms with Gasteiger partial charge in [-0.05, 0) is 68.0 Å². The van der Waals surface area contributed by atoms with Crippen molar-refractivity contribution in [1.82, 2.24) is 9.29 Å². The molecule has 0 unspecified atom stereocenters. The predicted octanol–water partition coefficient (Wildman–Crippen LogP) is 5.42. The SMILES string of the molecule is CCOC(=O)c1ccc2nc(NC(=O)[C@H](CC3CCCC3)c3ccc(S(=O)(=O)N(CCC(=O)O)C[C@H]4CCCO4)cc3)sc2c1. The van der Waals surface area contributed by atoms with Gasteiger partial charge in [0.05, 0.1) is 45.7 Å². The molecule has 242 valence electrons. The Bertz CT molecular complexity index is 1610. The van der Waals surface area contributed by atoms with Gasteiger partial charge in [-0.2, -0.15) is 4.31 Å². The molecule has 2 aliphatic rings. The lowest BCUT2D eigenvalue weighted by Crippen LogP contribution is -2.38. The van der Waals surface area contributed by atoms with E-state index in [0.29, 0.717) is 40.7 Å². The number of aromatic nitrogens is 1. The molecule has 2 N–H and O–H groups in total. The molecule has 1 aliphatic heterocycles. The standard InChI is InChI=1S/C32H39N3O8S2/c1-2-42-31(39)23-11-14-27-28(19-23)44-32(33-27)34-30(38)26(18-21-6-3-4-7-21)22-9-12-25(13-10-22)45(40,41)35(16-15-29(36)37)20-24-8-5-17-43-24/h9-14,19,21,24,26H,2-8,15-18,20H2,1H3,(H,36,37)(H,33,34,38)/t24-,26-/m1/s1. The molecule has 1 aromatic heterocycles. The molecule has 2 atom stereocenters. The van der Waals surface area contributed by atoms with E-state index in [0.717, 1.165) is 43.2 Å². The van der Waals surface area contributed by atoms with Crippen molar-refractivity contribution in [3.8, 4) is 0 Å². The lowest BCUT2D eigenvalue weighted by atomic mass is 9.87. The highest BCUT2D eigenvalue weighted by Crippen LogP contribution is 2.36. The Morgan fingerprint density at radius 1 is 1.11 bits per heavy atom. The summed E-state index contributed by atoms with van der Waals surface area (Å²) in [6.07, 6.45) is 5.90. The van der Waals surface area contributed by atoms with Crippen molar-refractivity contribution in [2.24, 2.45) is 5.92 Å². The molecular weight excluding hydrogens is 618 g/mol. The number of hydrogen-bond donors (Lipinski definition) is 2. The summed E-state index contributed by atoms with van der Waals surface area (Å²) in [5.74, 6) is -1.88. The Labute approximate surface area is 267 Å². The Balaban J connectivity index is 1.36. The van der Waals surface area contributed by atoms with Gasteiger partial charge in [-0.25, -0.2) is 18.2 Å². The first kappa shape index (κ1) is 33.0. The lowest BCUT2D eigenvalue weighted by Gasteiger charge is -2.25. The number of thiazole rings is 1. The van der Waals surface area contributed by atoms with Crippen LogP contribution in [-0.2, 0) is 29.1 Å². The Kier molecular flexibility index (Phi) is 10.9. The monoisotopic (exact) mass is 657 g/mol. The topological polar surface area (TPSA) is 152 Å². The van der Waals surface area contributed by atoms with Crippen LogP contribution in [0.5, 0.6) is 0 Å². The Morgan fingerprint density at radius 2 is 1.87 bits per heavy atom. The largest absolute Gasteiger partial charge is 0.481 e. The van der Waals surface area contributed by atoms with Gasteiger partial charge in [-0.15, -0.1) is 0 Å². The number of amides is 1. The average molecular weight is 658 g/mol. The van der Waals surface area contributed by atoms with Gasteiger partial charge in [0.1, 0.15) is 0 Å². The zero-order valence-electron chi connectivity index (χ0n) is 25.3. The molecule has 2 fully saturated rings. The maximum Gasteiger partial charge on any atom is 0.338 e. The number of fused-ring (bicyclic) bond motifs is 1. The van der Waals surface area contributed by atoms with Crippen LogP contribution >= 0.6 is 11.3 Å². The minimum atomic E-state index is -4.00. The first-order valence-corrected chi connectivity index (χ1v) is 17.7. The minimum absolute atomic E-state index is 0.0400. The number of esters is 1. The van der Waals surface area contributed by atoms with Gasteiger partial charge in [-0.3, -0.25) is 9.59 Å². The Morgan fingerprint density at radius 3 is 2.53 bits per heavy atom. The minimum Gasteiger partial charge on any atom is -0.481 e. The number of rotatable bonds is 14. The smallest absolute Gasteiger partial charge is 0.338 e. The second kappa shape index (κ2) is 14.8. The van der Waals surface area contributed by atoms with Crippen LogP contribution in [0.2, 0.25) is 0 Å². The van der Waals surface area contributed by atoms with Crippen LogP contribution in [0.3, 0.4) is 0 Å². The lowest BCUT2D eigenvalue weighted by molar-refractivity contribution is -0.137. The number of ether oxygens (including phenoxy) is 2. The fraction of sp³-hybridized carbons (Fsp3) is 0.500. The van der Waals surface area contributed by atoms with E-state index in [9.17, 15) is 27.9 Å². The molecule has 11 nitrogen and oxygen atoms in total. The van der Waals surface area contributed by atoms with Gasteiger partial charge in [0.2, 0.25) is 15.9 Å². The molecule has 3 aromatic rings. The summed E-state index contributed by atoms with van der Waals surface area (Å²) < 4.78 is 39.9. The van der Waals surface area contributed by atoms with E-state index in [1.807, 2.05) is 0 Å². The fourth-order valence-electron chi connectivity index (χ4n) is 6.05. The van der Waals surface area contributed by atoms with Crippen molar-refractivity contribution in [2.75, 3.05) is 31.6 Å². The second-order valence-electron chi connectivity index (χ2n) is 11.6. The van der Waals surface area contributed by atoms with Gasteiger partial charge in [0.25, 0.3) is 0 Å². The van der Waals surface area contributed by atoms with Crippen LogP contribution in [0.4, 0.5) is 5.13 Å². The number of hydrogen-bond acceptors (Lipinski definition) is 9. The number of aliphatic carboxylic acids is 1. The normalized spacial score (nSPS) is 18.0. The third-order valence-corrected chi connectivity index (χ3v) is 11.2. The number of carbonyl (C=O) groups excluding carboxylic acids is 2. The molecule has 1 saturated carbocycles. The quantitative estimate of drug-likeness (QED) is 0.217. The van der Waals surface area contributed by atoms with Crippen molar-refractivity contribution in [2.45, 2.75) is 75.2 Å². The zero-order valence-corrected chi connectivity index (χ0v) is 26.9. The summed E-state index contributed by atoms with van der Waals surface area (Å²) in [6, 6.07) is 11.4. The van der Waals surface area contributed by atoms with Crippen LogP contribution in [0.1, 0.15) is 80.1 Å². The molecule has 0 bridgehead atoms. The summed E-state index contributed by atoms with van der Waals surface area (Å²) in [4.78, 5) is 41.8. The molecule has 5 rings (SSSR count). The van der Waals surface area contributed by atoms with Gasteiger partial charge >= 0.3 is 11.9 Å². The van der Waals surface area contributed by atoms with E-state index in [2.05, 4.69) is 10.3 Å². The van der Waals surface area contributed by atoms with Crippen molar-refractivity contribution in [3.05, 3.63) is 53.6 Å². The second-order valence-corrected chi connectivity index (χ2v) is 14.5. The number of nitrogens with one attached hydrogen (secondary N) is 1. The number of carboxylic acids is 1. The van der Waals surface area contributed by atoms with Crippen LogP contribution in [0.25, 0.3) is 10.2 Å². The first-order chi connectivity index (χ1) is 21.6.